The molecule has 3 aromatic carbocycles. The van der Waals surface area contributed by atoms with Crippen LogP contribution in [0.5, 0.6) is 0 Å². The van der Waals surface area contributed by atoms with Gasteiger partial charge in [0.25, 0.3) is 0 Å². The molecule has 0 spiro atoms. The lowest BCUT2D eigenvalue weighted by Crippen LogP contribution is -2.50. The summed E-state index contributed by atoms with van der Waals surface area (Å²) in [6.45, 7) is 1.09. The Kier molecular flexibility index (Phi) is 6.67. The first-order valence-corrected chi connectivity index (χ1v) is 12.0. The molecule has 7 heteroatoms. The van der Waals surface area contributed by atoms with E-state index in [0.29, 0.717) is 19.5 Å². The molecule has 32 heavy (non-hydrogen) atoms. The van der Waals surface area contributed by atoms with E-state index in [2.05, 4.69) is 0 Å². The number of piperazine rings is 1. The minimum atomic E-state index is -3.71. The fourth-order valence-electron chi connectivity index (χ4n) is 4.04. The highest BCUT2D eigenvalue weighted by molar-refractivity contribution is 7.89. The van der Waals surface area contributed by atoms with Gasteiger partial charge in [0.1, 0.15) is 5.82 Å². The number of hydrogen-bond acceptors (Lipinski definition) is 3. The van der Waals surface area contributed by atoms with E-state index in [1.807, 2.05) is 60.7 Å². The minimum Gasteiger partial charge on any atom is -0.340 e. The van der Waals surface area contributed by atoms with Crippen LogP contribution in [0.15, 0.2) is 89.8 Å². The quantitative estimate of drug-likeness (QED) is 0.570. The highest BCUT2D eigenvalue weighted by atomic mass is 32.2. The predicted molar refractivity (Wildman–Crippen MR) is 121 cm³/mol. The standard InChI is InChI=1S/C25H25FN2O3S/c26-22-11-13-23(14-12-22)32(30,31)28-17-15-27(16-18-28)25(29)19-24(20-7-3-1-4-8-20)21-9-5-2-6-10-21/h1-14,24H,15-19H2. The largest absolute Gasteiger partial charge is 0.340 e. The molecule has 0 aromatic heterocycles. The maximum absolute atomic E-state index is 13.2. The summed E-state index contributed by atoms with van der Waals surface area (Å²) in [5.74, 6) is -0.543. The second-order valence-corrected chi connectivity index (χ2v) is 9.75. The molecule has 5 nitrogen and oxygen atoms in total. The number of nitrogens with zero attached hydrogens (tertiary/aromatic N) is 2. The zero-order chi connectivity index (χ0) is 22.6. The van der Waals surface area contributed by atoms with Gasteiger partial charge in [0.05, 0.1) is 4.90 Å². The molecule has 4 rings (SSSR count). The Morgan fingerprint density at radius 2 is 1.28 bits per heavy atom. The average Bonchev–Trinajstić information content (AvgIpc) is 2.84. The van der Waals surface area contributed by atoms with Crippen LogP contribution < -0.4 is 0 Å². The number of sulfonamides is 1. The van der Waals surface area contributed by atoms with Crippen LogP contribution >= 0.6 is 0 Å². The van der Waals surface area contributed by atoms with Gasteiger partial charge >= 0.3 is 0 Å². The van der Waals surface area contributed by atoms with Crippen LogP contribution in [-0.2, 0) is 14.8 Å². The van der Waals surface area contributed by atoms with Gasteiger partial charge in [-0.1, -0.05) is 60.7 Å². The van der Waals surface area contributed by atoms with Crippen LogP contribution in [0.2, 0.25) is 0 Å². The van der Waals surface area contributed by atoms with Gasteiger partial charge in [-0.15, -0.1) is 0 Å². The van der Waals surface area contributed by atoms with Crippen molar-refractivity contribution >= 4 is 15.9 Å². The SMILES string of the molecule is O=C(CC(c1ccccc1)c1ccccc1)N1CCN(S(=O)(=O)c2ccc(F)cc2)CC1. The van der Waals surface area contributed by atoms with Crippen molar-refractivity contribution in [1.29, 1.82) is 0 Å². The number of rotatable bonds is 6. The first-order valence-electron chi connectivity index (χ1n) is 10.6. The van der Waals surface area contributed by atoms with Crippen molar-refractivity contribution in [1.82, 2.24) is 9.21 Å². The van der Waals surface area contributed by atoms with E-state index in [4.69, 9.17) is 0 Å². The van der Waals surface area contributed by atoms with Crippen LogP contribution in [-0.4, -0.2) is 49.7 Å². The smallest absolute Gasteiger partial charge is 0.243 e. The fraction of sp³-hybridized carbons (Fsp3) is 0.240. The highest BCUT2D eigenvalue weighted by Gasteiger charge is 2.31. The zero-order valence-corrected chi connectivity index (χ0v) is 18.4. The van der Waals surface area contributed by atoms with Crippen molar-refractivity contribution in [2.75, 3.05) is 26.2 Å². The topological polar surface area (TPSA) is 57.7 Å². The molecule has 1 aliphatic heterocycles. The summed E-state index contributed by atoms with van der Waals surface area (Å²) >= 11 is 0. The molecule has 0 aliphatic carbocycles. The number of hydrogen-bond donors (Lipinski definition) is 0. The molecule has 3 aromatic rings. The van der Waals surface area contributed by atoms with Crippen LogP contribution in [0.4, 0.5) is 4.39 Å². The Labute approximate surface area is 188 Å². The molecule has 0 radical (unpaired) electrons. The second kappa shape index (κ2) is 9.63. The van der Waals surface area contributed by atoms with Gasteiger partial charge in [-0.3, -0.25) is 4.79 Å². The molecule has 0 unspecified atom stereocenters. The van der Waals surface area contributed by atoms with E-state index in [9.17, 15) is 17.6 Å². The van der Waals surface area contributed by atoms with Crippen LogP contribution in [0.3, 0.4) is 0 Å². The van der Waals surface area contributed by atoms with Gasteiger partial charge in [-0.2, -0.15) is 4.31 Å². The molecule has 0 atom stereocenters. The first kappa shape index (κ1) is 22.2. The van der Waals surface area contributed by atoms with E-state index in [-0.39, 0.29) is 29.8 Å². The van der Waals surface area contributed by atoms with Gasteiger partial charge in [-0.25, -0.2) is 12.8 Å². The van der Waals surface area contributed by atoms with Gasteiger partial charge in [0.15, 0.2) is 0 Å². The predicted octanol–water partition coefficient (Wildman–Crippen LogP) is 3.88. The Bertz CT molecular complexity index is 1110. The van der Waals surface area contributed by atoms with Crippen LogP contribution in [0, 0.1) is 5.82 Å². The maximum Gasteiger partial charge on any atom is 0.243 e. The summed E-state index contributed by atoms with van der Waals surface area (Å²) in [6, 6.07) is 24.7. The fourth-order valence-corrected chi connectivity index (χ4v) is 5.46. The Morgan fingerprint density at radius 1 is 0.781 bits per heavy atom. The number of amides is 1. The van der Waals surface area contributed by atoms with Crippen molar-refractivity contribution in [2.24, 2.45) is 0 Å². The summed E-state index contributed by atoms with van der Waals surface area (Å²) in [5.41, 5.74) is 2.15. The van der Waals surface area contributed by atoms with Crippen LogP contribution in [0.1, 0.15) is 23.5 Å². The minimum absolute atomic E-state index is 0.00142. The third kappa shape index (κ3) is 4.89. The first-order chi connectivity index (χ1) is 15.4. The summed E-state index contributed by atoms with van der Waals surface area (Å²) in [6.07, 6.45) is 0.318. The molecule has 1 fully saturated rings. The lowest BCUT2D eigenvalue weighted by Gasteiger charge is -2.34. The number of carbonyl (C=O) groups excluding carboxylic acids is 1. The summed E-state index contributed by atoms with van der Waals surface area (Å²) < 4.78 is 40.2. The Balaban J connectivity index is 1.44. The van der Waals surface area contributed by atoms with Crippen molar-refractivity contribution in [3.8, 4) is 0 Å². The number of benzene rings is 3. The molecule has 0 N–H and O–H groups in total. The molecule has 0 bridgehead atoms. The molecule has 1 heterocycles. The van der Waals surface area contributed by atoms with Crippen molar-refractivity contribution in [3.63, 3.8) is 0 Å². The third-order valence-electron chi connectivity index (χ3n) is 5.83. The lowest BCUT2D eigenvalue weighted by atomic mass is 9.88. The van der Waals surface area contributed by atoms with E-state index >= 15 is 0 Å². The highest BCUT2D eigenvalue weighted by Crippen LogP contribution is 2.29. The molecule has 0 saturated carbocycles. The molecule has 1 aliphatic rings. The van der Waals surface area contributed by atoms with E-state index < -0.39 is 15.8 Å². The second-order valence-electron chi connectivity index (χ2n) is 7.82. The van der Waals surface area contributed by atoms with Gasteiger partial charge in [0, 0.05) is 38.5 Å². The van der Waals surface area contributed by atoms with Crippen molar-refractivity contribution < 1.29 is 17.6 Å². The monoisotopic (exact) mass is 452 g/mol. The Morgan fingerprint density at radius 3 is 1.78 bits per heavy atom. The van der Waals surface area contributed by atoms with Crippen molar-refractivity contribution in [3.05, 3.63) is 102 Å². The zero-order valence-electron chi connectivity index (χ0n) is 17.6. The van der Waals surface area contributed by atoms with Crippen molar-refractivity contribution in [2.45, 2.75) is 17.2 Å². The van der Waals surface area contributed by atoms with Crippen LogP contribution in [0.25, 0.3) is 0 Å². The van der Waals surface area contributed by atoms with E-state index in [1.165, 1.54) is 16.4 Å². The van der Waals surface area contributed by atoms with E-state index in [0.717, 1.165) is 23.3 Å². The third-order valence-corrected chi connectivity index (χ3v) is 7.74. The summed E-state index contributed by atoms with van der Waals surface area (Å²) in [4.78, 5) is 14.9. The summed E-state index contributed by atoms with van der Waals surface area (Å²) in [5, 5.41) is 0. The maximum atomic E-state index is 13.2. The normalized spacial score (nSPS) is 15.1. The number of halogens is 1. The average molecular weight is 453 g/mol. The number of carbonyl (C=O) groups is 1. The molecule has 1 amide bonds. The van der Waals surface area contributed by atoms with Gasteiger partial charge in [-0.05, 0) is 35.4 Å². The lowest BCUT2D eigenvalue weighted by molar-refractivity contribution is -0.132. The van der Waals surface area contributed by atoms with Gasteiger partial charge < -0.3 is 4.90 Å². The van der Waals surface area contributed by atoms with E-state index in [1.54, 1.807) is 4.90 Å². The van der Waals surface area contributed by atoms with Gasteiger partial charge in [0.2, 0.25) is 15.9 Å². The molecule has 1 saturated heterocycles. The summed E-state index contributed by atoms with van der Waals surface area (Å²) in [7, 11) is -3.71. The molecule has 166 valence electrons. The Hall–Kier alpha value is -3.03. The molecular weight excluding hydrogens is 427 g/mol. The molecular formula is C25H25FN2O3S.